The average molecular weight is 382 g/mol. The Bertz CT molecular complexity index is 947. The number of hydrogen-bond acceptors (Lipinski definition) is 4. The van der Waals surface area contributed by atoms with Crippen LogP contribution < -0.4 is 14.9 Å². The van der Waals surface area contributed by atoms with E-state index in [4.69, 9.17) is 4.74 Å². The second kappa shape index (κ2) is 9.19. The predicted octanol–water partition coefficient (Wildman–Crippen LogP) is 3.87. The number of thiazole rings is 1. The van der Waals surface area contributed by atoms with Gasteiger partial charge in [-0.05, 0) is 24.6 Å². The van der Waals surface area contributed by atoms with Gasteiger partial charge in [-0.15, -0.1) is 0 Å². The molecule has 3 rings (SSSR count). The van der Waals surface area contributed by atoms with Crippen molar-refractivity contribution < 1.29 is 9.53 Å². The Morgan fingerprint density at radius 3 is 2.59 bits per heavy atom. The van der Waals surface area contributed by atoms with Crippen LogP contribution in [-0.4, -0.2) is 17.1 Å². The Hall–Kier alpha value is -2.86. The van der Waals surface area contributed by atoms with Gasteiger partial charge in [-0.1, -0.05) is 53.8 Å². The zero-order chi connectivity index (χ0) is 19.1. The van der Waals surface area contributed by atoms with E-state index in [1.165, 1.54) is 5.56 Å². The van der Waals surface area contributed by atoms with Crippen LogP contribution in [0.3, 0.4) is 0 Å². The van der Waals surface area contributed by atoms with Gasteiger partial charge in [-0.2, -0.15) is 0 Å². The number of carbonyl (C=O) groups excluding carboxylic acids is 1. The van der Waals surface area contributed by atoms with E-state index in [-0.39, 0.29) is 17.2 Å². The molecule has 5 nitrogen and oxygen atoms in total. The van der Waals surface area contributed by atoms with Crippen LogP contribution >= 0.6 is 11.3 Å². The third-order valence-electron chi connectivity index (χ3n) is 4.19. The molecule has 0 aliphatic heterocycles. The number of nitrogens with one attached hydrogen (secondary N) is 1. The lowest BCUT2D eigenvalue weighted by Gasteiger charge is -2.13. The van der Waals surface area contributed by atoms with Gasteiger partial charge >= 0.3 is 4.87 Å². The highest BCUT2D eigenvalue weighted by atomic mass is 32.1. The summed E-state index contributed by atoms with van der Waals surface area (Å²) in [4.78, 5) is 24.0. The van der Waals surface area contributed by atoms with E-state index in [9.17, 15) is 9.59 Å². The highest BCUT2D eigenvalue weighted by molar-refractivity contribution is 7.07. The van der Waals surface area contributed by atoms with Gasteiger partial charge < -0.3 is 14.6 Å². The third-order valence-corrected chi connectivity index (χ3v) is 5.07. The summed E-state index contributed by atoms with van der Waals surface area (Å²) in [7, 11) is 0. The average Bonchev–Trinajstić information content (AvgIpc) is 3.00. The van der Waals surface area contributed by atoms with Gasteiger partial charge in [0.1, 0.15) is 5.75 Å². The minimum atomic E-state index is -0.147. The molecule has 0 saturated carbocycles. The smallest absolute Gasteiger partial charge is 0.307 e. The van der Waals surface area contributed by atoms with Crippen LogP contribution in [0.1, 0.15) is 17.7 Å². The lowest BCUT2D eigenvalue weighted by Crippen LogP contribution is -2.20. The van der Waals surface area contributed by atoms with Crippen molar-refractivity contribution in [3.63, 3.8) is 0 Å². The van der Waals surface area contributed by atoms with Gasteiger partial charge in [0.25, 0.3) is 0 Å². The monoisotopic (exact) mass is 382 g/mol. The molecule has 0 aliphatic rings. The van der Waals surface area contributed by atoms with Crippen molar-refractivity contribution in [2.24, 2.45) is 0 Å². The number of aromatic nitrogens is 1. The summed E-state index contributed by atoms with van der Waals surface area (Å²) in [5.41, 5.74) is 2.72. The number of para-hydroxylation sites is 2. The summed E-state index contributed by atoms with van der Waals surface area (Å²) in [6.45, 7) is 2.77. The van der Waals surface area contributed by atoms with Crippen molar-refractivity contribution in [2.45, 2.75) is 26.3 Å². The van der Waals surface area contributed by atoms with Crippen LogP contribution in [0, 0.1) is 6.92 Å². The van der Waals surface area contributed by atoms with Crippen LogP contribution in [0.25, 0.3) is 0 Å². The first-order valence-electron chi connectivity index (χ1n) is 8.84. The normalized spacial score (nSPS) is 10.6. The molecule has 6 heteroatoms. The fourth-order valence-corrected chi connectivity index (χ4v) is 3.48. The van der Waals surface area contributed by atoms with E-state index in [1.807, 2.05) is 49.4 Å². The number of rotatable bonds is 8. The summed E-state index contributed by atoms with van der Waals surface area (Å²) in [5.74, 6) is 0.497. The van der Waals surface area contributed by atoms with Gasteiger partial charge in [0.2, 0.25) is 5.91 Å². The second-order valence-corrected chi connectivity index (χ2v) is 6.99. The molecule has 0 bridgehead atoms. The molecule has 0 radical (unpaired) electrons. The number of nitrogens with zero attached hydrogens (tertiary/aromatic N) is 1. The molecule has 1 aromatic heterocycles. The number of carbonyl (C=O) groups is 1. The summed E-state index contributed by atoms with van der Waals surface area (Å²) in [6, 6.07) is 17.5. The molecule has 0 unspecified atom stereocenters. The highest BCUT2D eigenvalue weighted by Gasteiger charge is 2.10. The van der Waals surface area contributed by atoms with E-state index < -0.39 is 0 Å². The number of aryl methyl sites for hydroxylation is 1. The molecule has 0 spiro atoms. The molecular formula is C21H22N2O3S. The lowest BCUT2D eigenvalue weighted by atomic mass is 10.2. The fraction of sp³-hybridized carbons (Fsp3) is 0.238. The summed E-state index contributed by atoms with van der Waals surface area (Å²) in [5, 5.41) is 4.69. The van der Waals surface area contributed by atoms with Crippen molar-refractivity contribution in [2.75, 3.05) is 11.9 Å². The van der Waals surface area contributed by atoms with Crippen molar-refractivity contribution in [1.29, 1.82) is 0 Å². The molecule has 0 atom stereocenters. The number of hydrogen-bond donors (Lipinski definition) is 1. The predicted molar refractivity (Wildman–Crippen MR) is 109 cm³/mol. The summed E-state index contributed by atoms with van der Waals surface area (Å²) in [6.07, 6.45) is 1.03. The number of anilines is 1. The quantitative estimate of drug-likeness (QED) is 0.643. The first-order valence-corrected chi connectivity index (χ1v) is 9.72. The van der Waals surface area contributed by atoms with Gasteiger partial charge in [0.05, 0.1) is 12.3 Å². The summed E-state index contributed by atoms with van der Waals surface area (Å²) >= 11 is 1.15. The first kappa shape index (κ1) is 18.9. The molecule has 1 amide bonds. The molecular weight excluding hydrogens is 360 g/mol. The molecule has 27 heavy (non-hydrogen) atoms. The van der Waals surface area contributed by atoms with Crippen LogP contribution in [0.15, 0.2) is 64.8 Å². The second-order valence-electron chi connectivity index (χ2n) is 6.17. The van der Waals surface area contributed by atoms with Crippen LogP contribution in [0.5, 0.6) is 5.75 Å². The van der Waals surface area contributed by atoms with Crippen LogP contribution in [0.4, 0.5) is 5.69 Å². The zero-order valence-electron chi connectivity index (χ0n) is 15.2. The van der Waals surface area contributed by atoms with E-state index in [2.05, 4.69) is 17.4 Å². The minimum Gasteiger partial charge on any atom is -0.491 e. The fourth-order valence-electron chi connectivity index (χ4n) is 2.72. The van der Waals surface area contributed by atoms with E-state index >= 15 is 0 Å². The maximum atomic E-state index is 12.3. The van der Waals surface area contributed by atoms with E-state index in [0.717, 1.165) is 23.5 Å². The Balaban J connectivity index is 1.55. The number of ether oxygens (including phenoxy) is 1. The van der Waals surface area contributed by atoms with E-state index in [0.29, 0.717) is 24.6 Å². The largest absolute Gasteiger partial charge is 0.491 e. The topological polar surface area (TPSA) is 60.3 Å². The number of amides is 1. The van der Waals surface area contributed by atoms with Crippen LogP contribution in [0.2, 0.25) is 0 Å². The van der Waals surface area contributed by atoms with Crippen molar-refractivity contribution >= 4 is 22.9 Å². The van der Waals surface area contributed by atoms with Crippen molar-refractivity contribution in [3.05, 3.63) is 80.9 Å². The molecule has 0 fully saturated rings. The molecule has 1 N–H and O–H groups in total. The maximum Gasteiger partial charge on any atom is 0.307 e. The SMILES string of the molecule is Cc1csc(=O)n1CCC(=O)Nc1ccccc1OCCc1ccccc1. The highest BCUT2D eigenvalue weighted by Crippen LogP contribution is 2.24. The molecule has 140 valence electrons. The standard InChI is InChI=1S/C21H22N2O3S/c1-16-15-27-21(25)23(16)13-11-20(24)22-18-9-5-6-10-19(18)26-14-12-17-7-3-2-4-8-17/h2-10,15H,11-14H2,1H3,(H,22,24). The van der Waals surface area contributed by atoms with Crippen LogP contribution in [-0.2, 0) is 17.8 Å². The van der Waals surface area contributed by atoms with E-state index in [1.54, 1.807) is 9.95 Å². The molecule has 0 aliphatic carbocycles. The van der Waals surface area contributed by atoms with Gasteiger partial charge in [0, 0.05) is 30.5 Å². The third kappa shape index (κ3) is 5.31. The Labute approximate surface area is 162 Å². The summed E-state index contributed by atoms with van der Waals surface area (Å²) < 4.78 is 7.48. The van der Waals surface area contributed by atoms with Gasteiger partial charge in [-0.25, -0.2) is 0 Å². The molecule has 0 saturated heterocycles. The number of benzene rings is 2. The minimum absolute atomic E-state index is 0.0371. The maximum absolute atomic E-state index is 12.3. The lowest BCUT2D eigenvalue weighted by molar-refractivity contribution is -0.116. The Morgan fingerprint density at radius 2 is 1.85 bits per heavy atom. The molecule has 1 heterocycles. The Kier molecular flexibility index (Phi) is 6.44. The molecule has 2 aromatic carbocycles. The Morgan fingerprint density at radius 1 is 1.11 bits per heavy atom. The van der Waals surface area contributed by atoms with Crippen molar-refractivity contribution in [1.82, 2.24) is 4.57 Å². The first-order chi connectivity index (χ1) is 13.1. The van der Waals surface area contributed by atoms with Gasteiger partial charge in [-0.3, -0.25) is 9.59 Å². The van der Waals surface area contributed by atoms with Crippen molar-refractivity contribution in [3.8, 4) is 5.75 Å². The van der Waals surface area contributed by atoms with Gasteiger partial charge in [0.15, 0.2) is 0 Å². The zero-order valence-corrected chi connectivity index (χ0v) is 16.0. The molecule has 3 aromatic rings.